The molecule has 6 nitrogen and oxygen atoms in total. The largest absolute Gasteiger partial charge is 0.496 e. The normalized spacial score (nSPS) is 16.5. The van der Waals surface area contributed by atoms with Gasteiger partial charge in [0.05, 0.1) is 29.9 Å². The number of methoxy groups -OCH3 is 1. The number of hydrogen-bond acceptors (Lipinski definition) is 5. The van der Waals surface area contributed by atoms with E-state index in [1.54, 1.807) is 18.5 Å². The molecule has 3 aromatic rings. The molecule has 0 saturated heterocycles. The Balaban J connectivity index is 1.75. The van der Waals surface area contributed by atoms with Crippen LogP contribution < -0.4 is 4.74 Å². The van der Waals surface area contributed by atoms with E-state index in [9.17, 15) is 9.18 Å². The molecule has 0 N–H and O–H groups in total. The van der Waals surface area contributed by atoms with Crippen molar-refractivity contribution in [2.45, 2.75) is 19.4 Å². The standard InChI is InChI=1S/C20H17FN4O2/c1-12(26)25-19(13-3-5-16-18(9-13)23-8-7-22-16)11-17(24-25)15-10-14(21)4-6-20(15)27-2/h3-10,19H,11H2,1-2H3/t19-/m0/s1. The molecule has 2 aromatic carbocycles. The van der Waals surface area contributed by atoms with Crippen molar-refractivity contribution in [2.24, 2.45) is 5.10 Å². The molecule has 1 amide bonds. The summed E-state index contributed by atoms with van der Waals surface area (Å²) in [5.41, 5.74) is 3.57. The van der Waals surface area contributed by atoms with Crippen molar-refractivity contribution in [3.63, 3.8) is 0 Å². The van der Waals surface area contributed by atoms with Gasteiger partial charge in [-0.2, -0.15) is 5.10 Å². The summed E-state index contributed by atoms with van der Waals surface area (Å²) in [5.74, 6) is -0.0550. The number of nitrogens with zero attached hydrogens (tertiary/aromatic N) is 4. The maximum Gasteiger partial charge on any atom is 0.240 e. The fraction of sp³-hybridized carbons (Fsp3) is 0.200. The van der Waals surface area contributed by atoms with Crippen molar-refractivity contribution < 1.29 is 13.9 Å². The quantitative estimate of drug-likeness (QED) is 0.714. The Morgan fingerprint density at radius 3 is 2.67 bits per heavy atom. The summed E-state index contributed by atoms with van der Waals surface area (Å²) in [6.45, 7) is 1.46. The molecule has 0 spiro atoms. The van der Waals surface area contributed by atoms with E-state index in [0.717, 1.165) is 16.6 Å². The second-order valence-electron chi connectivity index (χ2n) is 6.28. The fourth-order valence-corrected chi connectivity index (χ4v) is 3.32. The number of amides is 1. The first-order chi connectivity index (χ1) is 13.1. The van der Waals surface area contributed by atoms with E-state index in [4.69, 9.17) is 4.74 Å². The second kappa shape index (κ2) is 6.75. The highest BCUT2D eigenvalue weighted by Gasteiger charge is 2.32. The maximum atomic E-state index is 13.8. The topological polar surface area (TPSA) is 67.7 Å². The van der Waals surface area contributed by atoms with Crippen LogP contribution in [0, 0.1) is 5.82 Å². The zero-order valence-corrected chi connectivity index (χ0v) is 14.9. The van der Waals surface area contributed by atoms with Crippen LogP contribution >= 0.6 is 0 Å². The third-order valence-corrected chi connectivity index (χ3v) is 4.58. The van der Waals surface area contributed by atoms with Gasteiger partial charge >= 0.3 is 0 Å². The zero-order valence-electron chi connectivity index (χ0n) is 14.9. The van der Waals surface area contributed by atoms with Crippen molar-refractivity contribution in [3.05, 3.63) is 65.7 Å². The molecule has 0 unspecified atom stereocenters. The first kappa shape index (κ1) is 17.1. The maximum absolute atomic E-state index is 13.8. The lowest BCUT2D eigenvalue weighted by molar-refractivity contribution is -0.130. The number of hydrogen-bond donors (Lipinski definition) is 0. The van der Waals surface area contributed by atoms with Crippen molar-refractivity contribution in [2.75, 3.05) is 7.11 Å². The van der Waals surface area contributed by atoms with Crippen LogP contribution in [0.15, 0.2) is 53.9 Å². The Bertz CT molecular complexity index is 1070. The lowest BCUT2D eigenvalue weighted by Crippen LogP contribution is -2.24. The summed E-state index contributed by atoms with van der Waals surface area (Å²) in [5, 5.41) is 5.89. The molecule has 0 radical (unpaired) electrons. The van der Waals surface area contributed by atoms with Crippen LogP contribution in [0.4, 0.5) is 4.39 Å². The summed E-state index contributed by atoms with van der Waals surface area (Å²) in [6.07, 6.45) is 3.71. The van der Waals surface area contributed by atoms with Gasteiger partial charge in [-0.05, 0) is 35.9 Å². The van der Waals surface area contributed by atoms with Crippen molar-refractivity contribution in [1.29, 1.82) is 0 Å². The number of rotatable bonds is 3. The Morgan fingerprint density at radius 1 is 1.15 bits per heavy atom. The number of aromatic nitrogens is 2. The highest BCUT2D eigenvalue weighted by Crippen LogP contribution is 2.35. The van der Waals surface area contributed by atoms with E-state index in [1.165, 1.54) is 31.2 Å². The molecule has 0 bridgehead atoms. The van der Waals surface area contributed by atoms with Gasteiger partial charge in [-0.15, -0.1) is 0 Å². The average molecular weight is 364 g/mol. The Kier molecular flexibility index (Phi) is 4.27. The summed E-state index contributed by atoms with van der Waals surface area (Å²) in [6, 6.07) is 9.67. The predicted molar refractivity (Wildman–Crippen MR) is 98.9 cm³/mol. The number of carbonyl (C=O) groups excluding carboxylic acids is 1. The highest BCUT2D eigenvalue weighted by atomic mass is 19.1. The van der Waals surface area contributed by atoms with Gasteiger partial charge in [0.2, 0.25) is 5.91 Å². The molecule has 1 aliphatic heterocycles. The number of carbonyl (C=O) groups is 1. The van der Waals surface area contributed by atoms with E-state index in [0.29, 0.717) is 23.4 Å². The van der Waals surface area contributed by atoms with Crippen LogP contribution in [0.2, 0.25) is 0 Å². The minimum Gasteiger partial charge on any atom is -0.496 e. The lowest BCUT2D eigenvalue weighted by Gasteiger charge is -2.20. The molecule has 0 aliphatic carbocycles. The van der Waals surface area contributed by atoms with Gasteiger partial charge in [0, 0.05) is 31.3 Å². The Labute approximate surface area is 155 Å². The number of halogens is 1. The van der Waals surface area contributed by atoms with Gasteiger partial charge in [0.1, 0.15) is 11.6 Å². The molecule has 4 rings (SSSR count). The Hall–Kier alpha value is -3.35. The minimum atomic E-state index is -0.382. The molecule has 0 fully saturated rings. The van der Waals surface area contributed by atoms with Crippen LogP contribution in [-0.4, -0.2) is 33.7 Å². The third kappa shape index (κ3) is 3.12. The number of benzene rings is 2. The van der Waals surface area contributed by atoms with Gasteiger partial charge in [-0.3, -0.25) is 14.8 Å². The summed E-state index contributed by atoms with van der Waals surface area (Å²) in [4.78, 5) is 20.8. The van der Waals surface area contributed by atoms with Gasteiger partial charge in [0.25, 0.3) is 0 Å². The van der Waals surface area contributed by atoms with Crippen molar-refractivity contribution in [1.82, 2.24) is 15.0 Å². The van der Waals surface area contributed by atoms with Gasteiger partial charge < -0.3 is 4.74 Å². The van der Waals surface area contributed by atoms with Crippen LogP contribution in [0.25, 0.3) is 11.0 Å². The molecule has 0 saturated carbocycles. The molecular formula is C20H17FN4O2. The van der Waals surface area contributed by atoms with Crippen LogP contribution in [0.3, 0.4) is 0 Å². The molecular weight excluding hydrogens is 347 g/mol. The second-order valence-corrected chi connectivity index (χ2v) is 6.28. The Morgan fingerprint density at radius 2 is 1.93 bits per heavy atom. The number of hydrazone groups is 1. The fourth-order valence-electron chi connectivity index (χ4n) is 3.32. The molecule has 136 valence electrons. The summed E-state index contributed by atoms with van der Waals surface area (Å²) < 4.78 is 19.1. The molecule has 7 heteroatoms. The first-order valence-corrected chi connectivity index (χ1v) is 8.48. The smallest absolute Gasteiger partial charge is 0.240 e. The van der Waals surface area contributed by atoms with Crippen LogP contribution in [0.5, 0.6) is 5.75 Å². The molecule has 2 heterocycles. The highest BCUT2D eigenvalue weighted by molar-refractivity contribution is 6.05. The van der Waals surface area contributed by atoms with Crippen molar-refractivity contribution >= 4 is 22.7 Å². The van der Waals surface area contributed by atoms with Gasteiger partial charge in [-0.25, -0.2) is 9.40 Å². The van der Waals surface area contributed by atoms with E-state index >= 15 is 0 Å². The molecule has 1 atom stereocenters. The van der Waals surface area contributed by atoms with E-state index in [1.807, 2.05) is 18.2 Å². The summed E-state index contributed by atoms with van der Waals surface area (Å²) >= 11 is 0. The molecule has 27 heavy (non-hydrogen) atoms. The SMILES string of the molecule is COc1ccc(F)cc1C1=NN(C(C)=O)[C@H](c2ccc3nccnc3c2)C1. The first-order valence-electron chi connectivity index (χ1n) is 8.48. The molecule has 1 aliphatic rings. The zero-order chi connectivity index (χ0) is 19.0. The molecule has 1 aromatic heterocycles. The van der Waals surface area contributed by atoms with E-state index < -0.39 is 0 Å². The predicted octanol–water partition coefficient (Wildman–Crippen LogP) is 3.48. The monoisotopic (exact) mass is 364 g/mol. The van der Waals surface area contributed by atoms with Gasteiger partial charge in [0.15, 0.2) is 0 Å². The minimum absolute atomic E-state index is 0.190. The lowest BCUT2D eigenvalue weighted by atomic mass is 9.97. The van der Waals surface area contributed by atoms with E-state index in [2.05, 4.69) is 15.1 Å². The van der Waals surface area contributed by atoms with Gasteiger partial charge in [-0.1, -0.05) is 6.07 Å². The number of ether oxygens (including phenoxy) is 1. The third-order valence-electron chi connectivity index (χ3n) is 4.58. The van der Waals surface area contributed by atoms with E-state index in [-0.39, 0.29) is 17.8 Å². The summed E-state index contributed by atoms with van der Waals surface area (Å²) in [7, 11) is 1.52. The number of fused-ring (bicyclic) bond motifs is 1. The van der Waals surface area contributed by atoms with Crippen LogP contribution in [0.1, 0.15) is 30.5 Å². The van der Waals surface area contributed by atoms with Crippen LogP contribution in [-0.2, 0) is 4.79 Å². The van der Waals surface area contributed by atoms with Crippen molar-refractivity contribution in [3.8, 4) is 5.75 Å². The average Bonchev–Trinajstić information content (AvgIpc) is 3.13.